The molecule has 1 heteroatoms. The van der Waals surface area contributed by atoms with Gasteiger partial charge in [-0.15, -0.1) is 0 Å². The maximum atomic E-state index is 2.89. The van der Waals surface area contributed by atoms with E-state index in [-0.39, 0.29) is 33.6 Å². The van der Waals surface area contributed by atoms with E-state index in [1.807, 2.05) is 60.7 Å². The van der Waals surface area contributed by atoms with Crippen LogP contribution in [0.5, 0.6) is 0 Å². The Bertz CT molecular complexity index is 181. The van der Waals surface area contributed by atoms with Crippen molar-refractivity contribution in [3.8, 4) is 0 Å². The molecule has 0 heterocycles. The van der Waals surface area contributed by atoms with Crippen LogP contribution in [0, 0.1) is 19.6 Å². The maximum absolute atomic E-state index is 2.89. The Labute approximate surface area is 106 Å². The topological polar surface area (TPSA) is 0 Å². The van der Waals surface area contributed by atoms with Crippen molar-refractivity contribution < 1.29 is 26.2 Å². The molecule has 14 heavy (non-hydrogen) atoms. The SMILES string of the molecule is [CH3-].[Zr+3].[c-]1ccccc1.[c-]1ccccc1. The molecule has 0 aromatic heterocycles. The average molecular weight is 260 g/mol. The molecule has 2 aromatic carbocycles. The van der Waals surface area contributed by atoms with E-state index in [0.29, 0.717) is 0 Å². The van der Waals surface area contributed by atoms with Crippen LogP contribution in [0.1, 0.15) is 0 Å². The molecule has 0 amide bonds. The van der Waals surface area contributed by atoms with Gasteiger partial charge in [-0.2, -0.15) is 72.8 Å². The van der Waals surface area contributed by atoms with Gasteiger partial charge in [0.25, 0.3) is 0 Å². The first-order chi connectivity index (χ1) is 6.00. The smallest absolute Gasteiger partial charge is 0.358 e. The first-order valence-electron chi connectivity index (χ1n) is 3.82. The summed E-state index contributed by atoms with van der Waals surface area (Å²) in [7, 11) is 0. The Kier molecular flexibility index (Phi) is 13.9. The molecule has 69 valence electrons. The Balaban J connectivity index is 0. The molecule has 0 N–H and O–H groups in total. The summed E-state index contributed by atoms with van der Waals surface area (Å²) in [6.07, 6.45) is 0. The molecule has 0 unspecified atom stereocenters. The van der Waals surface area contributed by atoms with E-state index in [1.54, 1.807) is 0 Å². The largest absolute Gasteiger partial charge is 3.00 e. The Morgan fingerprint density at radius 1 is 0.500 bits per heavy atom. The van der Waals surface area contributed by atoms with Gasteiger partial charge in [-0.1, -0.05) is 0 Å². The van der Waals surface area contributed by atoms with Gasteiger partial charge in [-0.3, -0.25) is 0 Å². The molecule has 0 bridgehead atoms. The van der Waals surface area contributed by atoms with Crippen molar-refractivity contribution in [2.75, 3.05) is 0 Å². The molecule has 2 aromatic rings. The third kappa shape index (κ3) is 9.41. The Hall–Kier alpha value is -0.677. The second-order valence-corrected chi connectivity index (χ2v) is 2.15. The molecule has 0 aliphatic carbocycles. The normalized spacial score (nSPS) is 6.86. The maximum Gasteiger partial charge on any atom is 3.00 e. The van der Waals surface area contributed by atoms with Crippen LogP contribution >= 0.6 is 0 Å². The summed E-state index contributed by atoms with van der Waals surface area (Å²) in [6.45, 7) is 0. The standard InChI is InChI=1S/2C6H5.CH3.Zr/c2*1-2-4-6-5-3-1;;/h2*1-5H;1H3;/q3*-1;+3. The van der Waals surface area contributed by atoms with Gasteiger partial charge in [0.2, 0.25) is 0 Å². The minimum Gasteiger partial charge on any atom is -0.358 e. The number of benzene rings is 2. The van der Waals surface area contributed by atoms with E-state index in [0.717, 1.165) is 0 Å². The van der Waals surface area contributed by atoms with Crippen LogP contribution in [-0.4, -0.2) is 0 Å². The third-order valence-electron chi connectivity index (χ3n) is 1.21. The summed E-state index contributed by atoms with van der Waals surface area (Å²) in [5.41, 5.74) is 0. The summed E-state index contributed by atoms with van der Waals surface area (Å²) in [5.74, 6) is 0. The van der Waals surface area contributed by atoms with Gasteiger partial charge in [0.15, 0.2) is 0 Å². The van der Waals surface area contributed by atoms with Crippen molar-refractivity contribution in [3.05, 3.63) is 80.2 Å². The molecule has 0 fully saturated rings. The second-order valence-electron chi connectivity index (χ2n) is 2.15. The zero-order chi connectivity index (χ0) is 8.49. The summed E-state index contributed by atoms with van der Waals surface area (Å²) >= 11 is 0. The van der Waals surface area contributed by atoms with Crippen molar-refractivity contribution in [3.63, 3.8) is 0 Å². The second kappa shape index (κ2) is 12.3. The fourth-order valence-corrected chi connectivity index (χ4v) is 0.684. The molecular formula is C13H13Zr. The van der Waals surface area contributed by atoms with Crippen molar-refractivity contribution in [2.24, 2.45) is 0 Å². The van der Waals surface area contributed by atoms with E-state index in [9.17, 15) is 0 Å². The number of rotatable bonds is 0. The molecule has 0 nitrogen and oxygen atoms in total. The van der Waals surface area contributed by atoms with Crippen molar-refractivity contribution in [1.82, 2.24) is 0 Å². The molecule has 0 atom stereocenters. The van der Waals surface area contributed by atoms with Gasteiger partial charge in [-0.05, 0) is 0 Å². The molecule has 0 aliphatic heterocycles. The fourth-order valence-electron chi connectivity index (χ4n) is 0.684. The summed E-state index contributed by atoms with van der Waals surface area (Å²) < 4.78 is 0. The van der Waals surface area contributed by atoms with E-state index in [4.69, 9.17) is 0 Å². The summed E-state index contributed by atoms with van der Waals surface area (Å²) in [4.78, 5) is 0. The minimum atomic E-state index is 0. The van der Waals surface area contributed by atoms with Crippen LogP contribution in [0.3, 0.4) is 0 Å². The van der Waals surface area contributed by atoms with Gasteiger partial charge >= 0.3 is 26.2 Å². The Morgan fingerprint density at radius 2 is 0.786 bits per heavy atom. The van der Waals surface area contributed by atoms with E-state index < -0.39 is 0 Å². The van der Waals surface area contributed by atoms with Crippen LogP contribution in [0.2, 0.25) is 0 Å². The zero-order valence-corrected chi connectivity index (χ0v) is 10.7. The first kappa shape index (κ1) is 15.8. The van der Waals surface area contributed by atoms with Gasteiger partial charge < -0.3 is 7.43 Å². The van der Waals surface area contributed by atoms with E-state index >= 15 is 0 Å². The van der Waals surface area contributed by atoms with Crippen molar-refractivity contribution in [2.45, 2.75) is 0 Å². The van der Waals surface area contributed by atoms with Crippen LogP contribution in [0.25, 0.3) is 0 Å². The van der Waals surface area contributed by atoms with E-state index in [1.165, 1.54) is 0 Å². The third-order valence-corrected chi connectivity index (χ3v) is 1.21. The minimum absolute atomic E-state index is 0. The predicted molar refractivity (Wildman–Crippen MR) is 57.0 cm³/mol. The van der Waals surface area contributed by atoms with Gasteiger partial charge in [0.1, 0.15) is 0 Å². The summed E-state index contributed by atoms with van der Waals surface area (Å²) in [6, 6.07) is 25.0. The Morgan fingerprint density at radius 3 is 0.857 bits per heavy atom. The van der Waals surface area contributed by atoms with Crippen molar-refractivity contribution >= 4 is 0 Å². The molecule has 0 aliphatic rings. The van der Waals surface area contributed by atoms with Crippen LogP contribution in [-0.2, 0) is 26.2 Å². The number of hydrogen-bond acceptors (Lipinski definition) is 0. The first-order valence-corrected chi connectivity index (χ1v) is 3.82. The summed E-state index contributed by atoms with van der Waals surface area (Å²) in [5, 5.41) is 0. The van der Waals surface area contributed by atoms with Gasteiger partial charge in [-0.25, -0.2) is 0 Å². The van der Waals surface area contributed by atoms with Gasteiger partial charge in [0.05, 0.1) is 0 Å². The van der Waals surface area contributed by atoms with Crippen LogP contribution in [0.15, 0.2) is 60.7 Å². The average Bonchev–Trinajstić information content (AvgIpc) is 2.24. The quantitative estimate of drug-likeness (QED) is 0.637. The molecular weight excluding hydrogens is 247 g/mol. The van der Waals surface area contributed by atoms with E-state index in [2.05, 4.69) is 12.1 Å². The molecule has 2 rings (SSSR count). The van der Waals surface area contributed by atoms with Crippen molar-refractivity contribution in [1.29, 1.82) is 0 Å². The number of hydrogen-bond donors (Lipinski definition) is 0. The molecule has 0 saturated carbocycles. The zero-order valence-electron chi connectivity index (χ0n) is 8.27. The monoisotopic (exact) mass is 259 g/mol. The molecule has 0 saturated heterocycles. The van der Waals surface area contributed by atoms with Gasteiger partial charge in [0, 0.05) is 0 Å². The van der Waals surface area contributed by atoms with Crippen LogP contribution < -0.4 is 0 Å². The molecule has 1 radical (unpaired) electrons. The molecule has 0 spiro atoms. The predicted octanol–water partition coefficient (Wildman–Crippen LogP) is 3.42. The fraction of sp³-hybridized carbons (Fsp3) is 0. The van der Waals surface area contributed by atoms with Crippen LogP contribution in [0.4, 0.5) is 0 Å².